The topological polar surface area (TPSA) is 62.6 Å². The first-order chi connectivity index (χ1) is 13.4. The van der Waals surface area contributed by atoms with Crippen LogP contribution in [0.3, 0.4) is 0 Å². The molecular weight excluding hydrogens is 376 g/mol. The van der Waals surface area contributed by atoms with Gasteiger partial charge in [-0.15, -0.1) is 0 Å². The Kier molecular flexibility index (Phi) is 6.16. The molecule has 0 radical (unpaired) electrons. The first-order valence-electron chi connectivity index (χ1n) is 8.86. The highest BCUT2D eigenvalue weighted by Gasteiger charge is 2.14. The molecule has 1 heterocycles. The number of hydrogen-bond acceptors (Lipinski definition) is 3. The van der Waals surface area contributed by atoms with Gasteiger partial charge in [0.05, 0.1) is 13.1 Å². The summed E-state index contributed by atoms with van der Waals surface area (Å²) >= 11 is 5.90. The lowest BCUT2D eigenvalue weighted by atomic mass is 10.1. The average Bonchev–Trinajstić information content (AvgIpc) is 3.15. The molecule has 2 amide bonds. The van der Waals surface area contributed by atoms with Crippen molar-refractivity contribution in [1.82, 2.24) is 10.2 Å². The van der Waals surface area contributed by atoms with Crippen molar-refractivity contribution in [3.63, 3.8) is 0 Å². The summed E-state index contributed by atoms with van der Waals surface area (Å²) in [5, 5.41) is 3.31. The molecule has 0 bridgehead atoms. The molecule has 144 valence electrons. The maximum absolute atomic E-state index is 12.3. The summed E-state index contributed by atoms with van der Waals surface area (Å²) in [7, 11) is 1.67. The smallest absolute Gasteiger partial charge is 0.251 e. The Morgan fingerprint density at radius 1 is 1.00 bits per heavy atom. The Hall–Kier alpha value is -3.05. The van der Waals surface area contributed by atoms with Crippen molar-refractivity contribution in [2.75, 3.05) is 13.6 Å². The van der Waals surface area contributed by atoms with Crippen LogP contribution in [0, 0.1) is 6.92 Å². The predicted molar refractivity (Wildman–Crippen MR) is 109 cm³/mol. The van der Waals surface area contributed by atoms with Gasteiger partial charge in [-0.2, -0.15) is 0 Å². The molecule has 5 nitrogen and oxygen atoms in total. The Balaban J connectivity index is 1.53. The standard InChI is InChI=1S/C22H21ClN2O3/c1-15-3-5-17(6-4-15)22(27)24-13-21(26)25(2)14-19-11-12-20(28-19)16-7-9-18(23)10-8-16/h3-12H,13-14H2,1-2H3,(H,24,27). The van der Waals surface area contributed by atoms with E-state index >= 15 is 0 Å². The van der Waals surface area contributed by atoms with Crippen LogP contribution in [0.4, 0.5) is 0 Å². The molecule has 6 heteroatoms. The number of carbonyl (C=O) groups is 2. The second-order valence-corrected chi connectivity index (χ2v) is 7.01. The van der Waals surface area contributed by atoms with Gasteiger partial charge in [-0.25, -0.2) is 0 Å². The molecule has 0 atom stereocenters. The fourth-order valence-corrected chi connectivity index (χ4v) is 2.78. The largest absolute Gasteiger partial charge is 0.459 e. The van der Waals surface area contributed by atoms with Gasteiger partial charge in [0.1, 0.15) is 11.5 Å². The fourth-order valence-electron chi connectivity index (χ4n) is 2.65. The molecule has 1 N–H and O–H groups in total. The number of hydrogen-bond donors (Lipinski definition) is 1. The summed E-state index contributed by atoms with van der Waals surface area (Å²) in [6.45, 7) is 2.19. The molecule has 0 spiro atoms. The van der Waals surface area contributed by atoms with E-state index in [9.17, 15) is 9.59 Å². The zero-order valence-corrected chi connectivity index (χ0v) is 16.5. The van der Waals surface area contributed by atoms with Crippen molar-refractivity contribution in [1.29, 1.82) is 0 Å². The molecule has 0 saturated heterocycles. The Labute approximate surface area is 168 Å². The van der Waals surface area contributed by atoms with Crippen molar-refractivity contribution in [3.8, 4) is 11.3 Å². The van der Waals surface area contributed by atoms with E-state index in [1.54, 1.807) is 31.3 Å². The number of carbonyl (C=O) groups excluding carboxylic acids is 2. The fraction of sp³-hybridized carbons (Fsp3) is 0.182. The van der Waals surface area contributed by atoms with E-state index in [0.29, 0.717) is 28.7 Å². The molecule has 3 aromatic rings. The number of rotatable bonds is 6. The van der Waals surface area contributed by atoms with Gasteiger partial charge in [0.25, 0.3) is 5.91 Å². The first-order valence-corrected chi connectivity index (χ1v) is 9.23. The quantitative estimate of drug-likeness (QED) is 0.675. The molecule has 0 aliphatic rings. The molecule has 28 heavy (non-hydrogen) atoms. The normalized spacial score (nSPS) is 10.5. The van der Waals surface area contributed by atoms with Crippen LogP contribution in [0.15, 0.2) is 65.1 Å². The lowest BCUT2D eigenvalue weighted by molar-refractivity contribution is -0.129. The Morgan fingerprint density at radius 3 is 2.36 bits per heavy atom. The number of likely N-dealkylation sites (N-methyl/N-ethyl adjacent to an activating group) is 1. The maximum atomic E-state index is 12.3. The van der Waals surface area contributed by atoms with Crippen LogP contribution < -0.4 is 5.32 Å². The Bertz CT molecular complexity index is 962. The third-order valence-corrected chi connectivity index (χ3v) is 4.58. The molecule has 0 aliphatic heterocycles. The minimum atomic E-state index is -0.273. The molecule has 0 saturated carbocycles. The van der Waals surface area contributed by atoms with Crippen molar-refractivity contribution in [3.05, 3.63) is 82.6 Å². The van der Waals surface area contributed by atoms with Crippen LogP contribution in [0.2, 0.25) is 5.02 Å². The minimum Gasteiger partial charge on any atom is -0.459 e. The number of nitrogens with zero attached hydrogens (tertiary/aromatic N) is 1. The van der Waals surface area contributed by atoms with Gasteiger partial charge in [0.2, 0.25) is 5.91 Å². The predicted octanol–water partition coefficient (Wildman–Crippen LogP) is 4.30. The van der Waals surface area contributed by atoms with Crippen molar-refractivity contribution in [2.24, 2.45) is 0 Å². The molecule has 2 aromatic carbocycles. The number of benzene rings is 2. The van der Waals surface area contributed by atoms with Gasteiger partial charge >= 0.3 is 0 Å². The van der Waals surface area contributed by atoms with Crippen LogP contribution in [0.25, 0.3) is 11.3 Å². The lowest BCUT2D eigenvalue weighted by Crippen LogP contribution is -2.37. The summed E-state index contributed by atoms with van der Waals surface area (Å²) < 4.78 is 5.81. The number of aryl methyl sites for hydroxylation is 1. The highest BCUT2D eigenvalue weighted by atomic mass is 35.5. The molecule has 0 aliphatic carbocycles. The third-order valence-electron chi connectivity index (χ3n) is 4.32. The molecule has 0 unspecified atom stereocenters. The van der Waals surface area contributed by atoms with Gasteiger partial charge in [-0.05, 0) is 55.5 Å². The SMILES string of the molecule is Cc1ccc(C(=O)NCC(=O)N(C)Cc2ccc(-c3ccc(Cl)cc3)o2)cc1. The first kappa shape index (κ1) is 19.7. The summed E-state index contributed by atoms with van der Waals surface area (Å²) in [4.78, 5) is 25.9. The van der Waals surface area contributed by atoms with Gasteiger partial charge in [0.15, 0.2) is 0 Å². The summed E-state index contributed by atoms with van der Waals surface area (Å²) in [6, 6.07) is 18.2. The molecule has 3 rings (SSSR count). The van der Waals surface area contributed by atoms with E-state index in [2.05, 4.69) is 5.32 Å². The second-order valence-electron chi connectivity index (χ2n) is 6.57. The van der Waals surface area contributed by atoms with Crippen molar-refractivity contribution < 1.29 is 14.0 Å². The number of halogens is 1. The van der Waals surface area contributed by atoms with Crippen LogP contribution in [0.5, 0.6) is 0 Å². The summed E-state index contributed by atoms with van der Waals surface area (Å²) in [6.07, 6.45) is 0. The highest BCUT2D eigenvalue weighted by Crippen LogP contribution is 2.24. The molecular formula is C22H21ClN2O3. The van der Waals surface area contributed by atoms with Crippen LogP contribution in [-0.2, 0) is 11.3 Å². The highest BCUT2D eigenvalue weighted by molar-refractivity contribution is 6.30. The summed E-state index contributed by atoms with van der Waals surface area (Å²) in [5.41, 5.74) is 2.51. The van der Waals surface area contributed by atoms with Crippen LogP contribution in [-0.4, -0.2) is 30.3 Å². The van der Waals surface area contributed by atoms with Gasteiger partial charge in [-0.3, -0.25) is 9.59 Å². The van der Waals surface area contributed by atoms with Crippen molar-refractivity contribution in [2.45, 2.75) is 13.5 Å². The van der Waals surface area contributed by atoms with Gasteiger partial charge < -0.3 is 14.6 Å². The van der Waals surface area contributed by atoms with Gasteiger partial charge in [0, 0.05) is 23.2 Å². The van der Waals surface area contributed by atoms with E-state index in [1.165, 1.54) is 4.90 Å². The summed E-state index contributed by atoms with van der Waals surface area (Å²) in [5.74, 6) is 0.889. The van der Waals surface area contributed by atoms with Crippen LogP contribution in [0.1, 0.15) is 21.7 Å². The monoisotopic (exact) mass is 396 g/mol. The zero-order chi connectivity index (χ0) is 20.1. The second kappa shape index (κ2) is 8.76. The zero-order valence-electron chi connectivity index (χ0n) is 15.7. The average molecular weight is 397 g/mol. The number of amides is 2. The third kappa shape index (κ3) is 5.02. The van der Waals surface area contributed by atoms with Gasteiger partial charge in [-0.1, -0.05) is 29.3 Å². The van der Waals surface area contributed by atoms with E-state index in [4.69, 9.17) is 16.0 Å². The van der Waals surface area contributed by atoms with Crippen molar-refractivity contribution >= 4 is 23.4 Å². The van der Waals surface area contributed by atoms with Crippen LogP contribution >= 0.6 is 11.6 Å². The van der Waals surface area contributed by atoms with E-state index in [1.807, 2.05) is 43.3 Å². The maximum Gasteiger partial charge on any atom is 0.251 e. The Morgan fingerprint density at radius 2 is 1.68 bits per heavy atom. The van der Waals surface area contributed by atoms with E-state index in [0.717, 1.165) is 11.1 Å². The molecule has 0 fully saturated rings. The minimum absolute atomic E-state index is 0.0754. The molecule has 1 aromatic heterocycles. The van der Waals surface area contributed by atoms with E-state index < -0.39 is 0 Å². The number of nitrogens with one attached hydrogen (secondary N) is 1. The lowest BCUT2D eigenvalue weighted by Gasteiger charge is -2.16. The number of furan rings is 1. The van der Waals surface area contributed by atoms with E-state index in [-0.39, 0.29) is 18.4 Å².